The Morgan fingerprint density at radius 1 is 1.44 bits per heavy atom. The van der Waals surface area contributed by atoms with Crippen LogP contribution in [0.25, 0.3) is 0 Å². The van der Waals surface area contributed by atoms with E-state index >= 15 is 0 Å². The minimum atomic E-state index is 0.165. The van der Waals surface area contributed by atoms with E-state index in [4.69, 9.17) is 10.5 Å². The molecular formula is C13H18BrNO. The van der Waals surface area contributed by atoms with Gasteiger partial charge in [-0.1, -0.05) is 6.07 Å². The molecule has 0 radical (unpaired) electrons. The Morgan fingerprint density at radius 3 is 2.50 bits per heavy atom. The van der Waals surface area contributed by atoms with Crippen molar-refractivity contribution >= 4 is 15.9 Å². The molecule has 1 aromatic carbocycles. The fraction of sp³-hybridized carbons (Fsp3) is 0.538. The minimum Gasteiger partial charge on any atom is -0.496 e. The SMILES string of the molecule is COc1cc(C)cc(C2(C(C)N)CC2)c1Br. The summed E-state index contributed by atoms with van der Waals surface area (Å²) in [6.07, 6.45) is 2.35. The second kappa shape index (κ2) is 4.04. The lowest BCUT2D eigenvalue weighted by Crippen LogP contribution is -2.32. The lowest BCUT2D eigenvalue weighted by molar-refractivity contribution is 0.409. The third kappa shape index (κ3) is 1.76. The third-order valence-electron chi connectivity index (χ3n) is 3.60. The van der Waals surface area contributed by atoms with E-state index in [2.05, 4.69) is 35.8 Å². The zero-order valence-electron chi connectivity index (χ0n) is 10.0. The van der Waals surface area contributed by atoms with Gasteiger partial charge >= 0.3 is 0 Å². The van der Waals surface area contributed by atoms with Crippen LogP contribution in [0.4, 0.5) is 0 Å². The summed E-state index contributed by atoms with van der Waals surface area (Å²) in [4.78, 5) is 0. The third-order valence-corrected chi connectivity index (χ3v) is 4.42. The second-order valence-corrected chi connectivity index (χ2v) is 5.57. The van der Waals surface area contributed by atoms with Crippen LogP contribution in [-0.2, 0) is 5.41 Å². The summed E-state index contributed by atoms with van der Waals surface area (Å²) in [5.41, 5.74) is 8.81. The van der Waals surface area contributed by atoms with E-state index in [1.807, 2.05) is 6.07 Å². The van der Waals surface area contributed by atoms with Crippen LogP contribution in [0.5, 0.6) is 5.75 Å². The van der Waals surface area contributed by atoms with Crippen LogP contribution in [0.15, 0.2) is 16.6 Å². The highest BCUT2D eigenvalue weighted by atomic mass is 79.9. The van der Waals surface area contributed by atoms with Crippen LogP contribution >= 0.6 is 15.9 Å². The highest BCUT2D eigenvalue weighted by molar-refractivity contribution is 9.10. The number of rotatable bonds is 3. The molecule has 1 unspecified atom stereocenters. The molecule has 0 amide bonds. The molecule has 0 bridgehead atoms. The molecule has 1 aliphatic carbocycles. The zero-order valence-corrected chi connectivity index (χ0v) is 11.6. The molecule has 2 nitrogen and oxygen atoms in total. The maximum atomic E-state index is 6.11. The van der Waals surface area contributed by atoms with Gasteiger partial charge in [-0.25, -0.2) is 0 Å². The smallest absolute Gasteiger partial charge is 0.133 e. The molecule has 0 saturated heterocycles. The summed E-state index contributed by atoms with van der Waals surface area (Å²) in [7, 11) is 1.70. The van der Waals surface area contributed by atoms with Crippen molar-refractivity contribution in [2.45, 2.75) is 38.1 Å². The Labute approximate surface area is 105 Å². The molecule has 0 spiro atoms. The highest BCUT2D eigenvalue weighted by Crippen LogP contribution is 2.54. The number of methoxy groups -OCH3 is 1. The van der Waals surface area contributed by atoms with Gasteiger partial charge in [-0.2, -0.15) is 0 Å². The summed E-state index contributed by atoms with van der Waals surface area (Å²) >= 11 is 3.64. The molecule has 1 aromatic rings. The average molecular weight is 284 g/mol. The standard InChI is InChI=1S/C13H18BrNO/c1-8-6-10(12(14)11(7-8)16-3)13(4-5-13)9(2)15/h6-7,9H,4-5,15H2,1-3H3. The number of benzene rings is 1. The predicted octanol–water partition coefficient (Wildman–Crippen LogP) is 3.14. The Balaban J connectivity index is 2.53. The van der Waals surface area contributed by atoms with Crippen LogP contribution in [0, 0.1) is 6.92 Å². The topological polar surface area (TPSA) is 35.2 Å². The quantitative estimate of drug-likeness (QED) is 0.925. The van der Waals surface area contributed by atoms with E-state index in [1.54, 1.807) is 7.11 Å². The van der Waals surface area contributed by atoms with Crippen LogP contribution in [0.1, 0.15) is 30.9 Å². The van der Waals surface area contributed by atoms with Crippen molar-refractivity contribution in [2.24, 2.45) is 5.73 Å². The summed E-state index contributed by atoms with van der Waals surface area (Å²) in [5, 5.41) is 0. The molecule has 16 heavy (non-hydrogen) atoms. The fourth-order valence-corrected chi connectivity index (χ4v) is 3.14. The molecular weight excluding hydrogens is 266 g/mol. The lowest BCUT2D eigenvalue weighted by Gasteiger charge is -2.23. The van der Waals surface area contributed by atoms with Crippen LogP contribution in [-0.4, -0.2) is 13.2 Å². The van der Waals surface area contributed by atoms with Crippen molar-refractivity contribution in [3.63, 3.8) is 0 Å². The fourth-order valence-electron chi connectivity index (χ4n) is 2.35. The van der Waals surface area contributed by atoms with E-state index in [0.717, 1.165) is 10.2 Å². The largest absolute Gasteiger partial charge is 0.496 e. The molecule has 3 heteroatoms. The predicted molar refractivity (Wildman–Crippen MR) is 70.0 cm³/mol. The van der Waals surface area contributed by atoms with E-state index in [1.165, 1.54) is 24.0 Å². The van der Waals surface area contributed by atoms with Crippen molar-refractivity contribution < 1.29 is 4.74 Å². The minimum absolute atomic E-state index is 0.165. The van der Waals surface area contributed by atoms with E-state index in [-0.39, 0.29) is 11.5 Å². The second-order valence-electron chi connectivity index (χ2n) is 4.77. The van der Waals surface area contributed by atoms with Gasteiger partial charge in [0.15, 0.2) is 0 Å². The number of aryl methyl sites for hydroxylation is 1. The van der Waals surface area contributed by atoms with Gasteiger partial charge in [0, 0.05) is 11.5 Å². The summed E-state index contributed by atoms with van der Waals surface area (Å²) in [6.45, 7) is 4.18. The van der Waals surface area contributed by atoms with Crippen LogP contribution in [0.2, 0.25) is 0 Å². The molecule has 1 aliphatic rings. The zero-order chi connectivity index (χ0) is 11.9. The highest BCUT2D eigenvalue weighted by Gasteiger charge is 2.48. The first-order valence-electron chi connectivity index (χ1n) is 5.61. The maximum Gasteiger partial charge on any atom is 0.133 e. The van der Waals surface area contributed by atoms with Gasteiger partial charge in [0.25, 0.3) is 0 Å². The average Bonchev–Trinajstić information content (AvgIpc) is 3.02. The number of halogens is 1. The Kier molecular flexibility index (Phi) is 3.01. The number of hydrogen-bond donors (Lipinski definition) is 1. The number of hydrogen-bond acceptors (Lipinski definition) is 2. The monoisotopic (exact) mass is 283 g/mol. The van der Waals surface area contributed by atoms with Gasteiger partial charge < -0.3 is 10.5 Å². The molecule has 1 saturated carbocycles. The maximum absolute atomic E-state index is 6.11. The van der Waals surface area contributed by atoms with Crippen molar-refractivity contribution in [2.75, 3.05) is 7.11 Å². The first-order chi connectivity index (χ1) is 7.51. The molecule has 0 heterocycles. The normalized spacial score (nSPS) is 19.3. The van der Waals surface area contributed by atoms with E-state index in [0.29, 0.717) is 0 Å². The van der Waals surface area contributed by atoms with E-state index < -0.39 is 0 Å². The summed E-state index contributed by atoms with van der Waals surface area (Å²) < 4.78 is 6.45. The number of nitrogens with two attached hydrogens (primary N) is 1. The Hall–Kier alpha value is -0.540. The first-order valence-corrected chi connectivity index (χ1v) is 6.41. The van der Waals surface area contributed by atoms with Gasteiger partial charge in [-0.3, -0.25) is 0 Å². The van der Waals surface area contributed by atoms with Crippen molar-refractivity contribution in [3.8, 4) is 5.75 Å². The molecule has 2 N–H and O–H groups in total. The molecule has 88 valence electrons. The summed E-state index contributed by atoms with van der Waals surface area (Å²) in [5.74, 6) is 0.905. The van der Waals surface area contributed by atoms with Crippen molar-refractivity contribution in [3.05, 3.63) is 27.7 Å². The van der Waals surface area contributed by atoms with Crippen molar-refractivity contribution in [1.29, 1.82) is 0 Å². The molecule has 1 atom stereocenters. The first kappa shape index (κ1) is 11.9. The Morgan fingerprint density at radius 2 is 2.06 bits per heavy atom. The lowest BCUT2D eigenvalue weighted by atomic mass is 9.88. The molecule has 2 rings (SSSR count). The molecule has 0 aromatic heterocycles. The van der Waals surface area contributed by atoms with Crippen LogP contribution in [0.3, 0.4) is 0 Å². The van der Waals surface area contributed by atoms with Gasteiger partial charge in [0.05, 0.1) is 11.6 Å². The van der Waals surface area contributed by atoms with E-state index in [9.17, 15) is 0 Å². The number of ether oxygens (including phenoxy) is 1. The van der Waals surface area contributed by atoms with Crippen LogP contribution < -0.4 is 10.5 Å². The summed E-state index contributed by atoms with van der Waals surface area (Å²) in [6, 6.07) is 4.46. The van der Waals surface area contributed by atoms with Gasteiger partial charge in [0.2, 0.25) is 0 Å². The molecule has 0 aliphatic heterocycles. The Bertz CT molecular complexity index is 411. The van der Waals surface area contributed by atoms with Gasteiger partial charge in [0.1, 0.15) is 5.75 Å². The van der Waals surface area contributed by atoms with Gasteiger partial charge in [-0.05, 0) is 59.8 Å². The molecule has 1 fully saturated rings. The van der Waals surface area contributed by atoms with Gasteiger partial charge in [-0.15, -0.1) is 0 Å². The van der Waals surface area contributed by atoms with Crippen molar-refractivity contribution in [1.82, 2.24) is 0 Å².